The second kappa shape index (κ2) is 4.87. The summed E-state index contributed by atoms with van der Waals surface area (Å²) in [5.74, 6) is -0.985. The number of hydrogen-bond acceptors (Lipinski definition) is 3. The van der Waals surface area contributed by atoms with Gasteiger partial charge in [-0.25, -0.2) is 0 Å². The van der Waals surface area contributed by atoms with E-state index in [1.54, 1.807) is 18.2 Å². The van der Waals surface area contributed by atoms with Crippen LogP contribution < -0.4 is 4.74 Å². The van der Waals surface area contributed by atoms with Crippen molar-refractivity contribution in [1.82, 2.24) is 0 Å². The second-order valence-electron chi connectivity index (χ2n) is 5.22. The number of benzene rings is 1. The standard InChI is InChI=1S/C15H15F3O3/c1-3-14(20,15(16,17)18)12(19)13(2)8-9-21-11-7-5-4-6-10(11)13/h3-7,20H,1,8-9H2,2H3. The van der Waals surface area contributed by atoms with Crippen molar-refractivity contribution in [2.45, 2.75) is 30.5 Å². The van der Waals surface area contributed by atoms with Gasteiger partial charge in [0.2, 0.25) is 5.60 Å². The normalized spacial score (nSPS) is 24.4. The first-order valence-corrected chi connectivity index (χ1v) is 6.37. The minimum absolute atomic E-state index is 0.0507. The maximum absolute atomic E-state index is 13.1. The zero-order valence-electron chi connectivity index (χ0n) is 11.4. The van der Waals surface area contributed by atoms with Crippen molar-refractivity contribution in [2.24, 2.45) is 0 Å². The van der Waals surface area contributed by atoms with Crippen LogP contribution in [0.25, 0.3) is 0 Å². The highest BCUT2D eigenvalue weighted by Gasteiger charge is 2.62. The number of carbonyl (C=O) groups excluding carboxylic acids is 1. The molecular weight excluding hydrogens is 285 g/mol. The molecule has 0 fully saturated rings. The molecule has 0 radical (unpaired) electrons. The predicted octanol–water partition coefficient (Wildman–Crippen LogP) is 2.78. The number of ether oxygens (including phenoxy) is 1. The second-order valence-corrected chi connectivity index (χ2v) is 5.22. The van der Waals surface area contributed by atoms with E-state index >= 15 is 0 Å². The fourth-order valence-corrected chi connectivity index (χ4v) is 2.54. The summed E-state index contributed by atoms with van der Waals surface area (Å²) >= 11 is 0. The number of halogens is 3. The highest BCUT2D eigenvalue weighted by atomic mass is 19.4. The van der Waals surface area contributed by atoms with E-state index in [9.17, 15) is 23.1 Å². The van der Waals surface area contributed by atoms with Crippen molar-refractivity contribution < 1.29 is 27.8 Å². The van der Waals surface area contributed by atoms with E-state index in [0.717, 1.165) is 0 Å². The smallest absolute Gasteiger partial charge is 0.428 e. The largest absolute Gasteiger partial charge is 0.493 e. The SMILES string of the molecule is C=CC(O)(C(=O)C1(C)CCOc2ccccc21)C(F)(F)F. The van der Waals surface area contributed by atoms with E-state index in [-0.39, 0.29) is 19.1 Å². The molecule has 0 spiro atoms. The van der Waals surface area contributed by atoms with Gasteiger partial charge in [-0.3, -0.25) is 4.79 Å². The number of ketones is 1. The third-order valence-corrected chi connectivity index (χ3v) is 3.92. The van der Waals surface area contributed by atoms with Crippen molar-refractivity contribution >= 4 is 5.78 Å². The minimum Gasteiger partial charge on any atom is -0.493 e. The Labute approximate surface area is 120 Å². The van der Waals surface area contributed by atoms with Crippen LogP contribution in [0.1, 0.15) is 18.9 Å². The van der Waals surface area contributed by atoms with E-state index in [2.05, 4.69) is 6.58 Å². The molecule has 2 rings (SSSR count). The van der Waals surface area contributed by atoms with E-state index in [1.807, 2.05) is 0 Å². The molecule has 21 heavy (non-hydrogen) atoms. The number of hydrogen-bond donors (Lipinski definition) is 1. The summed E-state index contributed by atoms with van der Waals surface area (Å²) in [6.45, 7) is 4.47. The molecule has 0 saturated carbocycles. The first-order chi connectivity index (χ1) is 9.67. The summed E-state index contributed by atoms with van der Waals surface area (Å²) in [6, 6.07) is 6.39. The number of carbonyl (C=O) groups is 1. The fourth-order valence-electron chi connectivity index (χ4n) is 2.54. The molecule has 1 aromatic rings. The Morgan fingerprint density at radius 2 is 2.05 bits per heavy atom. The number of fused-ring (bicyclic) bond motifs is 1. The first kappa shape index (κ1) is 15.6. The third kappa shape index (κ3) is 2.23. The van der Waals surface area contributed by atoms with Crippen molar-refractivity contribution in [1.29, 1.82) is 0 Å². The van der Waals surface area contributed by atoms with Gasteiger partial charge >= 0.3 is 6.18 Å². The van der Waals surface area contributed by atoms with Gasteiger partial charge in [-0.2, -0.15) is 13.2 Å². The zero-order valence-corrected chi connectivity index (χ0v) is 11.4. The van der Waals surface area contributed by atoms with E-state index in [4.69, 9.17) is 4.74 Å². The van der Waals surface area contributed by atoms with Gasteiger partial charge in [0.15, 0.2) is 5.78 Å². The number of Topliss-reactive ketones (excluding diaryl/α,β-unsaturated/α-hetero) is 1. The molecule has 1 aliphatic rings. The molecule has 0 aromatic heterocycles. The van der Waals surface area contributed by atoms with E-state index < -0.39 is 23.0 Å². The van der Waals surface area contributed by atoms with E-state index in [0.29, 0.717) is 11.3 Å². The summed E-state index contributed by atoms with van der Waals surface area (Å²) in [7, 11) is 0. The Bertz CT molecular complexity index is 582. The van der Waals surface area contributed by atoms with Crippen LogP contribution in [-0.2, 0) is 10.2 Å². The zero-order chi connectivity index (χ0) is 15.9. The Balaban J connectivity index is 2.56. The Morgan fingerprint density at radius 3 is 2.62 bits per heavy atom. The number of rotatable bonds is 3. The number of para-hydroxylation sites is 1. The first-order valence-electron chi connectivity index (χ1n) is 6.37. The van der Waals surface area contributed by atoms with Crippen LogP contribution in [0, 0.1) is 0 Å². The predicted molar refractivity (Wildman–Crippen MR) is 70.1 cm³/mol. The molecule has 1 N–H and O–H groups in total. The minimum atomic E-state index is -5.12. The van der Waals surface area contributed by atoms with Gasteiger partial charge < -0.3 is 9.84 Å². The van der Waals surface area contributed by atoms with Crippen LogP contribution in [0.4, 0.5) is 13.2 Å². The molecule has 114 valence electrons. The number of aliphatic hydroxyl groups is 1. The summed E-state index contributed by atoms with van der Waals surface area (Å²) in [5.41, 5.74) is -4.73. The van der Waals surface area contributed by atoms with Crippen LogP contribution in [0.15, 0.2) is 36.9 Å². The fraction of sp³-hybridized carbons (Fsp3) is 0.400. The summed E-state index contributed by atoms with van der Waals surface area (Å²) in [5, 5.41) is 9.83. The molecule has 1 aromatic carbocycles. The lowest BCUT2D eigenvalue weighted by molar-refractivity contribution is -0.236. The van der Waals surface area contributed by atoms with Crippen LogP contribution in [0.2, 0.25) is 0 Å². The highest BCUT2D eigenvalue weighted by Crippen LogP contribution is 2.45. The quantitative estimate of drug-likeness (QED) is 0.873. The molecule has 2 unspecified atom stereocenters. The summed E-state index contributed by atoms with van der Waals surface area (Å²) < 4.78 is 44.6. The molecule has 0 bridgehead atoms. The van der Waals surface area contributed by atoms with Gasteiger partial charge in [-0.05, 0) is 25.5 Å². The molecule has 3 nitrogen and oxygen atoms in total. The van der Waals surface area contributed by atoms with Crippen LogP contribution in [0.3, 0.4) is 0 Å². The lowest BCUT2D eigenvalue weighted by atomic mass is 9.69. The molecule has 2 atom stereocenters. The Morgan fingerprint density at radius 1 is 1.43 bits per heavy atom. The Kier molecular flexibility index (Phi) is 3.61. The van der Waals surface area contributed by atoms with Crippen LogP contribution >= 0.6 is 0 Å². The van der Waals surface area contributed by atoms with Crippen LogP contribution in [-0.4, -0.2) is 29.3 Å². The van der Waals surface area contributed by atoms with Gasteiger partial charge in [-0.15, -0.1) is 0 Å². The molecular formula is C15H15F3O3. The average molecular weight is 300 g/mol. The third-order valence-electron chi connectivity index (χ3n) is 3.92. The molecule has 0 aliphatic carbocycles. The molecule has 1 heterocycles. The maximum atomic E-state index is 13.1. The van der Waals surface area contributed by atoms with Gasteiger partial charge in [0.05, 0.1) is 12.0 Å². The van der Waals surface area contributed by atoms with Gasteiger partial charge in [0.25, 0.3) is 0 Å². The van der Waals surface area contributed by atoms with Crippen molar-refractivity contribution in [3.63, 3.8) is 0 Å². The Hall–Kier alpha value is -1.82. The van der Waals surface area contributed by atoms with Gasteiger partial charge in [0, 0.05) is 5.56 Å². The molecule has 0 amide bonds. The average Bonchev–Trinajstić information content (AvgIpc) is 2.45. The van der Waals surface area contributed by atoms with Gasteiger partial charge in [0.1, 0.15) is 5.75 Å². The highest BCUT2D eigenvalue weighted by molar-refractivity contribution is 5.99. The topological polar surface area (TPSA) is 46.5 Å². The monoisotopic (exact) mass is 300 g/mol. The number of alkyl halides is 3. The summed E-state index contributed by atoms with van der Waals surface area (Å²) in [6.07, 6.45) is -4.82. The van der Waals surface area contributed by atoms with E-state index in [1.165, 1.54) is 13.0 Å². The summed E-state index contributed by atoms with van der Waals surface area (Å²) in [4.78, 5) is 12.5. The van der Waals surface area contributed by atoms with Crippen LogP contribution in [0.5, 0.6) is 5.75 Å². The maximum Gasteiger partial charge on any atom is 0.428 e. The molecule has 6 heteroatoms. The molecule has 0 saturated heterocycles. The van der Waals surface area contributed by atoms with Crippen molar-refractivity contribution in [3.8, 4) is 5.75 Å². The lowest BCUT2D eigenvalue weighted by Crippen LogP contribution is -2.58. The van der Waals surface area contributed by atoms with Crippen molar-refractivity contribution in [3.05, 3.63) is 42.5 Å². The lowest BCUT2D eigenvalue weighted by Gasteiger charge is -2.39. The molecule has 1 aliphatic heterocycles. The van der Waals surface area contributed by atoms with Gasteiger partial charge in [-0.1, -0.05) is 24.8 Å². The van der Waals surface area contributed by atoms with Crippen molar-refractivity contribution in [2.75, 3.05) is 6.61 Å².